The number of morpholine rings is 1. The summed E-state index contributed by atoms with van der Waals surface area (Å²) in [7, 11) is 2.16. The fourth-order valence-corrected chi connectivity index (χ4v) is 3.25. The van der Waals surface area contributed by atoms with Crippen molar-refractivity contribution in [2.45, 2.75) is 19.1 Å². The highest BCUT2D eigenvalue weighted by atomic mass is 16.5. The molecule has 7 nitrogen and oxygen atoms in total. The molecule has 2 saturated heterocycles. The van der Waals surface area contributed by atoms with Gasteiger partial charge in [-0.2, -0.15) is 4.68 Å². The average Bonchev–Trinajstić information content (AvgIpc) is 3.14. The Morgan fingerprint density at radius 3 is 2.77 bits per heavy atom. The Morgan fingerprint density at radius 1 is 1.18 bits per heavy atom. The van der Waals surface area contributed by atoms with Gasteiger partial charge in [-0.05, 0) is 36.5 Å². The zero-order chi connectivity index (χ0) is 15.1. The Balaban J connectivity index is 1.62. The van der Waals surface area contributed by atoms with Gasteiger partial charge in [-0.15, -0.1) is 0 Å². The Hall–Kier alpha value is -1.99. The Labute approximate surface area is 129 Å². The third kappa shape index (κ3) is 2.26. The van der Waals surface area contributed by atoms with Crippen molar-refractivity contribution in [1.29, 1.82) is 0 Å². The fourth-order valence-electron chi connectivity index (χ4n) is 3.25. The lowest BCUT2D eigenvalue weighted by Gasteiger charge is -2.33. The summed E-state index contributed by atoms with van der Waals surface area (Å²) < 4.78 is 7.70. The molecule has 22 heavy (non-hydrogen) atoms. The normalized spacial score (nSPS) is 25.5. The molecule has 2 unspecified atom stereocenters. The SMILES string of the molecule is Cc1ccc(-n2nnnc2N2CC3OCCN(C)C3C2)cc1. The Bertz CT molecular complexity index is 654. The molecule has 0 spiro atoms. The molecule has 0 amide bonds. The van der Waals surface area contributed by atoms with E-state index < -0.39 is 0 Å². The maximum absolute atomic E-state index is 5.90. The van der Waals surface area contributed by atoms with Crippen LogP contribution in [-0.2, 0) is 4.74 Å². The van der Waals surface area contributed by atoms with E-state index in [1.165, 1.54) is 5.56 Å². The molecule has 4 rings (SSSR count). The monoisotopic (exact) mass is 300 g/mol. The van der Waals surface area contributed by atoms with Gasteiger partial charge in [0.2, 0.25) is 0 Å². The summed E-state index contributed by atoms with van der Waals surface area (Å²) in [6.07, 6.45) is 0.238. The van der Waals surface area contributed by atoms with Crippen molar-refractivity contribution in [1.82, 2.24) is 25.1 Å². The average molecular weight is 300 g/mol. The van der Waals surface area contributed by atoms with Crippen molar-refractivity contribution in [3.05, 3.63) is 29.8 Å². The summed E-state index contributed by atoms with van der Waals surface area (Å²) >= 11 is 0. The molecule has 0 aliphatic carbocycles. The van der Waals surface area contributed by atoms with Crippen LogP contribution in [0.3, 0.4) is 0 Å². The predicted molar refractivity (Wildman–Crippen MR) is 82.3 cm³/mol. The standard InChI is InChI=1S/C15H20N6O/c1-11-3-5-12(6-4-11)21-15(16-17-18-21)20-9-13-14(10-20)22-8-7-19(13)2/h3-6,13-14H,7-10H2,1-2H3. The minimum atomic E-state index is 0.238. The predicted octanol–water partition coefficient (Wildman–Crippen LogP) is 0.490. The Morgan fingerprint density at radius 2 is 2.00 bits per heavy atom. The zero-order valence-corrected chi connectivity index (χ0v) is 12.9. The van der Waals surface area contributed by atoms with Crippen molar-refractivity contribution < 1.29 is 4.74 Å². The molecule has 0 saturated carbocycles. The fraction of sp³-hybridized carbons (Fsp3) is 0.533. The molecule has 0 N–H and O–H groups in total. The number of tetrazole rings is 1. The van der Waals surface area contributed by atoms with Gasteiger partial charge in [-0.3, -0.25) is 4.90 Å². The molecule has 3 heterocycles. The van der Waals surface area contributed by atoms with Crippen LogP contribution < -0.4 is 4.90 Å². The molecule has 2 atom stereocenters. The first-order valence-electron chi connectivity index (χ1n) is 7.64. The quantitative estimate of drug-likeness (QED) is 0.804. The molecule has 2 aliphatic rings. The van der Waals surface area contributed by atoms with Crippen molar-refractivity contribution in [3.8, 4) is 5.69 Å². The summed E-state index contributed by atoms with van der Waals surface area (Å²) in [6, 6.07) is 8.64. The maximum Gasteiger partial charge on any atom is 0.250 e. The molecule has 2 aliphatic heterocycles. The lowest BCUT2D eigenvalue weighted by Crippen LogP contribution is -2.48. The molecule has 1 aromatic carbocycles. The minimum Gasteiger partial charge on any atom is -0.373 e. The number of likely N-dealkylation sites (N-methyl/N-ethyl adjacent to an activating group) is 1. The number of rotatable bonds is 2. The van der Waals surface area contributed by atoms with Gasteiger partial charge in [-0.1, -0.05) is 22.8 Å². The number of hydrogen-bond acceptors (Lipinski definition) is 6. The molecule has 0 radical (unpaired) electrons. The highest BCUT2D eigenvalue weighted by Crippen LogP contribution is 2.26. The van der Waals surface area contributed by atoms with E-state index in [9.17, 15) is 0 Å². The van der Waals surface area contributed by atoms with Gasteiger partial charge < -0.3 is 9.64 Å². The number of hydrogen-bond donors (Lipinski definition) is 0. The first-order chi connectivity index (χ1) is 10.7. The molecule has 0 bridgehead atoms. The van der Waals surface area contributed by atoms with Crippen LogP contribution in [0.1, 0.15) is 5.56 Å². The lowest BCUT2D eigenvalue weighted by molar-refractivity contribution is -0.0362. The molecular formula is C15H20N6O. The van der Waals surface area contributed by atoms with Crippen LogP contribution in [0.4, 0.5) is 5.95 Å². The largest absolute Gasteiger partial charge is 0.373 e. The van der Waals surface area contributed by atoms with Crippen LogP contribution in [-0.4, -0.2) is 70.5 Å². The topological polar surface area (TPSA) is 59.3 Å². The van der Waals surface area contributed by atoms with E-state index in [1.54, 1.807) is 4.68 Å². The number of benzene rings is 1. The number of anilines is 1. The second-order valence-corrected chi connectivity index (χ2v) is 6.09. The maximum atomic E-state index is 5.90. The van der Waals surface area contributed by atoms with Crippen molar-refractivity contribution in [3.63, 3.8) is 0 Å². The first-order valence-corrected chi connectivity index (χ1v) is 7.64. The van der Waals surface area contributed by atoms with Crippen LogP contribution in [0.15, 0.2) is 24.3 Å². The summed E-state index contributed by atoms with van der Waals surface area (Å²) in [5.41, 5.74) is 2.20. The number of ether oxygens (including phenoxy) is 1. The molecule has 2 aromatic rings. The van der Waals surface area contributed by atoms with Gasteiger partial charge in [0, 0.05) is 19.6 Å². The summed E-state index contributed by atoms with van der Waals surface area (Å²) in [5, 5.41) is 12.3. The van der Waals surface area contributed by atoms with Crippen molar-refractivity contribution in [2.75, 3.05) is 38.2 Å². The van der Waals surface area contributed by atoms with Crippen molar-refractivity contribution >= 4 is 5.95 Å². The van der Waals surface area contributed by atoms with Gasteiger partial charge in [0.05, 0.1) is 24.4 Å². The third-order valence-electron chi connectivity index (χ3n) is 4.59. The highest BCUT2D eigenvalue weighted by Gasteiger charge is 2.40. The van der Waals surface area contributed by atoms with Gasteiger partial charge in [0.1, 0.15) is 0 Å². The minimum absolute atomic E-state index is 0.238. The summed E-state index contributed by atoms with van der Waals surface area (Å²) in [4.78, 5) is 4.59. The number of nitrogens with zero attached hydrogens (tertiary/aromatic N) is 6. The van der Waals surface area contributed by atoms with E-state index in [0.29, 0.717) is 6.04 Å². The molecule has 116 valence electrons. The van der Waals surface area contributed by atoms with Crippen LogP contribution >= 0.6 is 0 Å². The Kier molecular flexibility index (Phi) is 3.31. The smallest absolute Gasteiger partial charge is 0.250 e. The van der Waals surface area contributed by atoms with Gasteiger partial charge in [0.25, 0.3) is 5.95 Å². The highest BCUT2D eigenvalue weighted by molar-refractivity contribution is 5.43. The zero-order valence-electron chi connectivity index (χ0n) is 12.9. The number of fused-ring (bicyclic) bond motifs is 1. The summed E-state index contributed by atoms with van der Waals surface area (Å²) in [5.74, 6) is 0.787. The van der Waals surface area contributed by atoms with E-state index >= 15 is 0 Å². The molecule has 7 heteroatoms. The van der Waals surface area contributed by atoms with E-state index in [-0.39, 0.29) is 6.10 Å². The van der Waals surface area contributed by atoms with Crippen LogP contribution in [0.5, 0.6) is 0 Å². The first kappa shape index (κ1) is 13.7. The second kappa shape index (κ2) is 5.33. The van der Waals surface area contributed by atoms with Gasteiger partial charge >= 0.3 is 0 Å². The molecule has 2 fully saturated rings. The van der Waals surface area contributed by atoms with E-state index in [4.69, 9.17) is 4.74 Å². The molecular weight excluding hydrogens is 280 g/mol. The van der Waals surface area contributed by atoms with Crippen LogP contribution in [0.25, 0.3) is 5.69 Å². The van der Waals surface area contributed by atoms with E-state index in [0.717, 1.165) is 37.9 Å². The van der Waals surface area contributed by atoms with E-state index in [2.05, 4.69) is 51.4 Å². The van der Waals surface area contributed by atoms with Gasteiger partial charge in [-0.25, -0.2) is 0 Å². The molecule has 1 aromatic heterocycles. The van der Waals surface area contributed by atoms with Crippen molar-refractivity contribution in [2.24, 2.45) is 0 Å². The van der Waals surface area contributed by atoms with Crippen LogP contribution in [0.2, 0.25) is 0 Å². The summed E-state index contributed by atoms with van der Waals surface area (Å²) in [6.45, 7) is 5.59. The van der Waals surface area contributed by atoms with E-state index in [1.807, 2.05) is 12.1 Å². The van der Waals surface area contributed by atoms with Crippen LogP contribution in [0, 0.1) is 6.92 Å². The number of aromatic nitrogens is 4. The number of aryl methyl sites for hydroxylation is 1. The van der Waals surface area contributed by atoms with Gasteiger partial charge in [0.15, 0.2) is 0 Å². The third-order valence-corrected chi connectivity index (χ3v) is 4.59. The second-order valence-electron chi connectivity index (χ2n) is 6.09. The lowest BCUT2D eigenvalue weighted by atomic mass is 10.1.